The second-order valence-corrected chi connectivity index (χ2v) is 3.85. The van der Waals surface area contributed by atoms with Crippen LogP contribution in [-0.2, 0) is 0 Å². The summed E-state index contributed by atoms with van der Waals surface area (Å²) < 4.78 is 15.2. The number of benzene rings is 1. The van der Waals surface area contributed by atoms with E-state index in [1.807, 2.05) is 0 Å². The fourth-order valence-electron chi connectivity index (χ4n) is 1.61. The molecule has 0 saturated heterocycles. The summed E-state index contributed by atoms with van der Waals surface area (Å²) in [7, 11) is 0. The van der Waals surface area contributed by atoms with Crippen molar-refractivity contribution in [3.63, 3.8) is 0 Å². The van der Waals surface area contributed by atoms with E-state index in [0.717, 1.165) is 0 Å². The van der Waals surface area contributed by atoms with Crippen molar-refractivity contribution in [1.82, 2.24) is 9.78 Å². The zero-order valence-corrected chi connectivity index (χ0v) is 9.23. The molecule has 0 spiro atoms. The summed E-state index contributed by atoms with van der Waals surface area (Å²) in [4.78, 5) is 0. The largest absolute Gasteiger partial charge is 0.328 e. The molecule has 1 aromatic carbocycles. The normalized spacial score (nSPS) is 12.7. The van der Waals surface area contributed by atoms with E-state index in [-0.39, 0.29) is 18.4 Å². The minimum atomic E-state index is -0.325. The van der Waals surface area contributed by atoms with Crippen LogP contribution in [0.2, 0.25) is 5.02 Å². The monoisotopic (exact) mass is 239 g/mol. The van der Waals surface area contributed by atoms with E-state index in [4.69, 9.17) is 17.3 Å². The van der Waals surface area contributed by atoms with Gasteiger partial charge in [0.1, 0.15) is 5.82 Å². The SMILES string of the molecule is NCC(c1ccccc1F)n1cc(Cl)cn1. The van der Waals surface area contributed by atoms with E-state index in [1.165, 1.54) is 12.3 Å². The number of nitrogens with two attached hydrogens (primary N) is 1. The van der Waals surface area contributed by atoms with Crippen molar-refractivity contribution in [3.05, 3.63) is 53.1 Å². The van der Waals surface area contributed by atoms with Crippen molar-refractivity contribution in [1.29, 1.82) is 0 Å². The highest BCUT2D eigenvalue weighted by atomic mass is 35.5. The fourth-order valence-corrected chi connectivity index (χ4v) is 1.75. The molecule has 2 aromatic rings. The topological polar surface area (TPSA) is 43.8 Å². The first-order valence-corrected chi connectivity index (χ1v) is 5.24. The predicted molar refractivity (Wildman–Crippen MR) is 60.8 cm³/mol. The van der Waals surface area contributed by atoms with Crippen LogP contribution in [-0.4, -0.2) is 16.3 Å². The van der Waals surface area contributed by atoms with Gasteiger partial charge in [0, 0.05) is 18.3 Å². The molecule has 16 heavy (non-hydrogen) atoms. The summed E-state index contributed by atoms with van der Waals surface area (Å²) >= 11 is 5.77. The van der Waals surface area contributed by atoms with Gasteiger partial charge >= 0.3 is 0 Å². The van der Waals surface area contributed by atoms with Gasteiger partial charge < -0.3 is 5.73 Å². The van der Waals surface area contributed by atoms with Crippen molar-refractivity contribution in [2.45, 2.75) is 6.04 Å². The maximum Gasteiger partial charge on any atom is 0.128 e. The van der Waals surface area contributed by atoms with E-state index < -0.39 is 0 Å². The van der Waals surface area contributed by atoms with Crippen molar-refractivity contribution in [2.75, 3.05) is 6.54 Å². The predicted octanol–water partition coefficient (Wildman–Crippen LogP) is 2.22. The van der Waals surface area contributed by atoms with Crippen LogP contribution in [0.25, 0.3) is 0 Å². The highest BCUT2D eigenvalue weighted by molar-refractivity contribution is 6.30. The minimum absolute atomic E-state index is 0.263. The molecule has 2 rings (SSSR count). The average Bonchev–Trinajstić information content (AvgIpc) is 2.69. The van der Waals surface area contributed by atoms with Crippen LogP contribution in [0, 0.1) is 5.82 Å². The Labute approximate surface area is 97.6 Å². The van der Waals surface area contributed by atoms with Crippen LogP contribution >= 0.6 is 11.6 Å². The summed E-state index contributed by atoms with van der Waals surface area (Å²) in [5.41, 5.74) is 6.16. The van der Waals surface area contributed by atoms with E-state index in [2.05, 4.69) is 5.10 Å². The van der Waals surface area contributed by atoms with E-state index in [0.29, 0.717) is 10.6 Å². The first kappa shape index (κ1) is 11.1. The molecule has 1 aromatic heterocycles. The molecule has 5 heteroatoms. The summed E-state index contributed by atoms with van der Waals surface area (Å²) in [6.45, 7) is 0.263. The lowest BCUT2D eigenvalue weighted by molar-refractivity contribution is 0.498. The molecule has 0 amide bonds. The lowest BCUT2D eigenvalue weighted by atomic mass is 10.1. The first-order chi connectivity index (χ1) is 7.72. The van der Waals surface area contributed by atoms with Crippen molar-refractivity contribution >= 4 is 11.6 Å². The molecule has 3 nitrogen and oxygen atoms in total. The minimum Gasteiger partial charge on any atom is -0.328 e. The Morgan fingerprint density at radius 2 is 2.19 bits per heavy atom. The second kappa shape index (κ2) is 4.63. The van der Waals surface area contributed by atoms with Gasteiger partial charge in [-0.05, 0) is 6.07 Å². The molecule has 1 atom stereocenters. The number of nitrogens with zero attached hydrogens (tertiary/aromatic N) is 2. The van der Waals surface area contributed by atoms with Gasteiger partial charge in [0.25, 0.3) is 0 Å². The number of hydrogen-bond acceptors (Lipinski definition) is 2. The van der Waals surface area contributed by atoms with Crippen molar-refractivity contribution < 1.29 is 4.39 Å². The molecule has 0 bridgehead atoms. The maximum absolute atomic E-state index is 13.6. The molecule has 0 fully saturated rings. The smallest absolute Gasteiger partial charge is 0.128 e. The third kappa shape index (κ3) is 2.08. The molecule has 1 unspecified atom stereocenters. The molecule has 84 valence electrons. The van der Waals surface area contributed by atoms with E-state index >= 15 is 0 Å². The van der Waals surface area contributed by atoms with Gasteiger partial charge in [-0.1, -0.05) is 29.8 Å². The van der Waals surface area contributed by atoms with Crippen LogP contribution in [0.15, 0.2) is 36.7 Å². The third-order valence-electron chi connectivity index (χ3n) is 2.38. The molecule has 0 saturated carbocycles. The molecular weight excluding hydrogens is 229 g/mol. The molecule has 1 heterocycles. The van der Waals surface area contributed by atoms with Gasteiger partial charge in [-0.2, -0.15) is 5.10 Å². The van der Waals surface area contributed by atoms with Crippen LogP contribution in [0.3, 0.4) is 0 Å². The van der Waals surface area contributed by atoms with Crippen LogP contribution in [0.4, 0.5) is 4.39 Å². The number of halogens is 2. The van der Waals surface area contributed by atoms with Gasteiger partial charge in [0.15, 0.2) is 0 Å². The van der Waals surface area contributed by atoms with E-state index in [9.17, 15) is 4.39 Å². The third-order valence-corrected chi connectivity index (χ3v) is 2.57. The highest BCUT2D eigenvalue weighted by Gasteiger charge is 2.16. The van der Waals surface area contributed by atoms with Gasteiger partial charge in [-0.15, -0.1) is 0 Å². The van der Waals surface area contributed by atoms with Gasteiger partial charge in [0.2, 0.25) is 0 Å². The molecule has 2 N–H and O–H groups in total. The van der Waals surface area contributed by atoms with Gasteiger partial charge in [-0.25, -0.2) is 4.39 Å². The second-order valence-electron chi connectivity index (χ2n) is 3.41. The van der Waals surface area contributed by atoms with Crippen molar-refractivity contribution in [2.24, 2.45) is 5.73 Å². The summed E-state index contributed by atoms with van der Waals surface area (Å²) in [5.74, 6) is -0.287. The Balaban J connectivity index is 2.40. The Bertz CT molecular complexity index is 484. The Morgan fingerprint density at radius 1 is 1.44 bits per heavy atom. The number of hydrogen-bond donors (Lipinski definition) is 1. The highest BCUT2D eigenvalue weighted by Crippen LogP contribution is 2.21. The van der Waals surface area contributed by atoms with Gasteiger partial charge in [-0.3, -0.25) is 4.68 Å². The van der Waals surface area contributed by atoms with Crippen molar-refractivity contribution in [3.8, 4) is 0 Å². The summed E-state index contributed by atoms with van der Waals surface area (Å²) in [6.07, 6.45) is 3.14. The Kier molecular flexibility index (Phi) is 3.22. The average molecular weight is 240 g/mol. The molecule has 0 aliphatic carbocycles. The number of rotatable bonds is 3. The summed E-state index contributed by atoms with van der Waals surface area (Å²) in [5, 5.41) is 4.55. The first-order valence-electron chi connectivity index (χ1n) is 4.86. The zero-order chi connectivity index (χ0) is 11.5. The molecule has 0 aliphatic heterocycles. The molecule has 0 radical (unpaired) electrons. The van der Waals surface area contributed by atoms with Crippen LogP contribution < -0.4 is 5.73 Å². The van der Waals surface area contributed by atoms with Crippen LogP contribution in [0.1, 0.15) is 11.6 Å². The summed E-state index contributed by atoms with van der Waals surface area (Å²) in [6, 6.07) is 6.19. The zero-order valence-electron chi connectivity index (χ0n) is 8.48. The molecular formula is C11H11ClFN3. The Morgan fingerprint density at radius 3 is 2.75 bits per heavy atom. The number of aromatic nitrogens is 2. The quantitative estimate of drug-likeness (QED) is 0.893. The maximum atomic E-state index is 13.6. The van der Waals surface area contributed by atoms with Gasteiger partial charge in [0.05, 0.1) is 17.3 Å². The fraction of sp³-hybridized carbons (Fsp3) is 0.182. The molecule has 0 aliphatic rings. The Hall–Kier alpha value is -1.39. The standard InChI is InChI=1S/C11H11ClFN3/c12-8-6-15-16(7-8)11(5-14)9-3-1-2-4-10(9)13/h1-4,6-7,11H,5,14H2. The van der Waals surface area contributed by atoms with E-state index in [1.54, 1.807) is 29.1 Å². The lowest BCUT2D eigenvalue weighted by Gasteiger charge is -2.16. The van der Waals surface area contributed by atoms with Crippen LogP contribution in [0.5, 0.6) is 0 Å². The lowest BCUT2D eigenvalue weighted by Crippen LogP contribution is -2.21.